The largest absolute Gasteiger partial charge is 0.375 e. The van der Waals surface area contributed by atoms with E-state index < -0.39 is 0 Å². The van der Waals surface area contributed by atoms with Crippen LogP contribution in [0.4, 0.5) is 0 Å². The maximum Gasteiger partial charge on any atom is 0.222 e. The molecule has 5 heteroatoms. The first-order valence-electron chi connectivity index (χ1n) is 28.6. The summed E-state index contributed by atoms with van der Waals surface area (Å²) in [6.07, 6.45) is 29.7. The Morgan fingerprint density at radius 3 is 1.86 bits per heavy atom. The third kappa shape index (κ3) is 7.55. The number of carbonyl (C=O) groups is 2. The summed E-state index contributed by atoms with van der Waals surface area (Å²) in [5.74, 6) is 9.04. The van der Waals surface area contributed by atoms with E-state index >= 15 is 4.79 Å². The molecule has 2 saturated heterocycles. The average molecular weight is 897 g/mol. The van der Waals surface area contributed by atoms with E-state index in [9.17, 15) is 4.79 Å². The summed E-state index contributed by atoms with van der Waals surface area (Å²) in [7, 11) is 4.41. The maximum absolute atomic E-state index is 15.1. The van der Waals surface area contributed by atoms with Crippen LogP contribution >= 0.6 is 0 Å². The van der Waals surface area contributed by atoms with Crippen LogP contribution in [-0.4, -0.2) is 59.5 Å². The lowest BCUT2D eigenvalue weighted by atomic mass is 9.35. The van der Waals surface area contributed by atoms with Crippen LogP contribution in [0.5, 0.6) is 0 Å². The van der Waals surface area contributed by atoms with Gasteiger partial charge in [-0.3, -0.25) is 9.59 Å². The number of carbonyl (C=O) groups excluding carboxylic acids is 2. The summed E-state index contributed by atoms with van der Waals surface area (Å²) in [4.78, 5) is 34.5. The fraction of sp³-hybridized carbons (Fsp3) is 0.933. The van der Waals surface area contributed by atoms with Crippen molar-refractivity contribution in [2.75, 3.05) is 14.1 Å². The summed E-state index contributed by atoms with van der Waals surface area (Å²) in [5.41, 5.74) is 1.87. The van der Waals surface area contributed by atoms with Crippen molar-refractivity contribution in [2.24, 2.45) is 98.6 Å². The topological polar surface area (TPSA) is 49.9 Å². The molecule has 4 unspecified atom stereocenters. The maximum atomic E-state index is 15.1. The Labute approximate surface area is 399 Å². The molecule has 5 nitrogen and oxygen atoms in total. The summed E-state index contributed by atoms with van der Waals surface area (Å²) >= 11 is 0. The van der Waals surface area contributed by atoms with Crippen molar-refractivity contribution in [3.05, 3.63) is 11.6 Å². The number of amides is 2. The number of allylic oxidation sites excluding steroid dienone is 1. The number of fused-ring (bicyclic) bond motifs is 10. The number of hydrogen-bond donors (Lipinski definition) is 0. The van der Waals surface area contributed by atoms with Crippen molar-refractivity contribution in [3.8, 4) is 0 Å². The van der Waals surface area contributed by atoms with Crippen molar-refractivity contribution in [1.82, 2.24) is 9.80 Å². The molecule has 7 saturated carbocycles. The van der Waals surface area contributed by atoms with Crippen LogP contribution in [0, 0.1) is 98.6 Å². The Morgan fingerprint density at radius 2 is 1.28 bits per heavy atom. The Balaban J connectivity index is 1.11. The highest BCUT2D eigenvalue weighted by Gasteiger charge is 2.76. The van der Waals surface area contributed by atoms with Gasteiger partial charge in [-0.15, -0.1) is 0 Å². The molecule has 0 N–H and O–H groups in total. The molecule has 2 aliphatic heterocycles. The second kappa shape index (κ2) is 17.8. The van der Waals surface area contributed by atoms with E-state index in [1.807, 2.05) is 0 Å². The van der Waals surface area contributed by atoms with Crippen LogP contribution in [0.15, 0.2) is 11.6 Å². The Bertz CT molecular complexity index is 1780. The molecule has 0 radical (unpaired) electrons. The molecule has 9 rings (SSSR count). The van der Waals surface area contributed by atoms with Gasteiger partial charge in [-0.2, -0.15) is 0 Å². The van der Waals surface area contributed by atoms with Gasteiger partial charge >= 0.3 is 0 Å². The lowest BCUT2D eigenvalue weighted by Gasteiger charge is -2.75. The first-order chi connectivity index (χ1) is 30.8. The number of likely N-dealkylation sites (tertiary alicyclic amines) is 2. The normalized spacial score (nSPS) is 47.6. The van der Waals surface area contributed by atoms with Gasteiger partial charge in [0.1, 0.15) is 0 Å². The lowest BCUT2D eigenvalue weighted by molar-refractivity contribution is -0.252. The first-order valence-corrected chi connectivity index (χ1v) is 28.6. The predicted octanol–water partition coefficient (Wildman–Crippen LogP) is 14.6. The zero-order valence-electron chi connectivity index (χ0n) is 44.5. The summed E-state index contributed by atoms with van der Waals surface area (Å²) < 4.78 is 7.35. The van der Waals surface area contributed by atoms with E-state index in [4.69, 9.17) is 4.74 Å². The second-order valence-corrected chi connectivity index (χ2v) is 27.5. The molecule has 0 aromatic rings. The van der Waals surface area contributed by atoms with E-state index in [2.05, 4.69) is 106 Å². The zero-order valence-corrected chi connectivity index (χ0v) is 44.5. The molecule has 65 heavy (non-hydrogen) atoms. The van der Waals surface area contributed by atoms with E-state index in [0.29, 0.717) is 71.2 Å². The molecule has 0 aromatic heterocycles. The van der Waals surface area contributed by atoms with Gasteiger partial charge in [-0.05, 0) is 188 Å². The quantitative estimate of drug-likeness (QED) is 0.163. The number of hydrogen-bond acceptors (Lipinski definition) is 3. The second-order valence-electron chi connectivity index (χ2n) is 27.5. The van der Waals surface area contributed by atoms with Crippen molar-refractivity contribution in [2.45, 2.75) is 241 Å². The molecule has 2 heterocycles. The minimum absolute atomic E-state index is 0.0496. The average Bonchev–Trinajstić information content (AvgIpc) is 3.89. The van der Waals surface area contributed by atoms with Crippen molar-refractivity contribution in [3.63, 3.8) is 0 Å². The summed E-state index contributed by atoms with van der Waals surface area (Å²) in [5, 5.41) is 0. The zero-order chi connectivity index (χ0) is 46.6. The minimum Gasteiger partial charge on any atom is -0.375 e. The van der Waals surface area contributed by atoms with Gasteiger partial charge in [0.2, 0.25) is 11.8 Å². The Hall–Kier alpha value is -1.36. The molecule has 0 aromatic carbocycles. The first kappa shape index (κ1) is 48.7. The van der Waals surface area contributed by atoms with Gasteiger partial charge in [0.05, 0.1) is 17.7 Å². The van der Waals surface area contributed by atoms with E-state index in [-0.39, 0.29) is 34.4 Å². The van der Waals surface area contributed by atoms with Gasteiger partial charge in [0.15, 0.2) is 0 Å². The standard InChI is InChI=1S/C60H100N2O3/c1-14-17-41-36-60(58(10,33-30-52(63)62(60)13)47-28-31-56(8)43(24-26-45(56)54(41)47)39(6)20-15-18-37(2)3)50-35-53(64)61(12)51-34-49(65-42-22-23-42)55-46-27-25-44(40(7)21-16-19-38(4)5)57(46,9)32-29-48(55)59(50,51)11/h17,37-40,42-51,54-55H,14-16,18-36H2,1-13H3/t39-,40-,43-,44-,45+,46+,47+,48+,49?,50?,51?,54+,55+,56-,57-,58-,59+,60?/m1/s1. The molecule has 2 amide bonds. The van der Waals surface area contributed by atoms with Gasteiger partial charge in [0, 0.05) is 33.0 Å². The number of piperidine rings is 2. The summed E-state index contributed by atoms with van der Waals surface area (Å²) in [6, 6.07) is 0.137. The van der Waals surface area contributed by atoms with Crippen LogP contribution in [0.2, 0.25) is 0 Å². The Morgan fingerprint density at radius 1 is 0.692 bits per heavy atom. The molecule has 9 fully saturated rings. The highest BCUT2D eigenvalue weighted by Crippen LogP contribution is 2.76. The van der Waals surface area contributed by atoms with E-state index in [1.54, 1.807) is 5.57 Å². The van der Waals surface area contributed by atoms with Gasteiger partial charge in [0.25, 0.3) is 0 Å². The Kier molecular flexibility index (Phi) is 13.3. The van der Waals surface area contributed by atoms with Gasteiger partial charge in [-0.25, -0.2) is 0 Å². The lowest BCUT2D eigenvalue weighted by Crippen LogP contribution is -2.79. The fourth-order valence-electron chi connectivity index (χ4n) is 20.6. The highest BCUT2D eigenvalue weighted by molar-refractivity contribution is 5.81. The molecular formula is C60H100N2O3. The van der Waals surface area contributed by atoms with Crippen LogP contribution in [-0.2, 0) is 14.3 Å². The SMILES string of the molecule is CCC=C1CC2(C3CC(=O)N(C)C4CC(OC5CC5)[C@@H]5[C@H](CC[C@]6(C)[C@@H]([C@H](C)CCCC(C)C)CC[C@@H]56)[C@]43C)N(C)C(=O)CC[C@]2(C)[C@H]2CC[C@]3(C)[C@@H]([C@H](C)CCCC(C)C)CC[C@H]3[C@H]12. The van der Waals surface area contributed by atoms with Crippen LogP contribution in [0.1, 0.15) is 217 Å². The van der Waals surface area contributed by atoms with Crippen molar-refractivity contribution < 1.29 is 14.3 Å². The number of nitrogens with zero attached hydrogens (tertiary/aromatic N) is 2. The molecule has 0 spiro atoms. The molecule has 18 atom stereocenters. The van der Waals surface area contributed by atoms with Crippen molar-refractivity contribution >= 4 is 11.8 Å². The van der Waals surface area contributed by atoms with Crippen LogP contribution < -0.4 is 0 Å². The van der Waals surface area contributed by atoms with Crippen molar-refractivity contribution in [1.29, 1.82) is 0 Å². The van der Waals surface area contributed by atoms with Crippen LogP contribution in [0.3, 0.4) is 0 Å². The van der Waals surface area contributed by atoms with E-state index in [0.717, 1.165) is 67.1 Å². The number of ether oxygens (including phenoxy) is 1. The third-order valence-corrected chi connectivity index (χ3v) is 23.9. The molecule has 7 aliphatic carbocycles. The third-order valence-electron chi connectivity index (χ3n) is 23.9. The minimum atomic E-state index is -0.386. The fourth-order valence-corrected chi connectivity index (χ4v) is 20.6. The molecule has 0 bridgehead atoms. The molecule has 368 valence electrons. The van der Waals surface area contributed by atoms with Crippen LogP contribution in [0.25, 0.3) is 0 Å². The monoisotopic (exact) mass is 897 g/mol. The van der Waals surface area contributed by atoms with E-state index in [1.165, 1.54) is 103 Å². The smallest absolute Gasteiger partial charge is 0.222 e. The molecular weight excluding hydrogens is 797 g/mol. The highest BCUT2D eigenvalue weighted by atomic mass is 16.5. The predicted molar refractivity (Wildman–Crippen MR) is 268 cm³/mol. The van der Waals surface area contributed by atoms with Gasteiger partial charge < -0.3 is 14.5 Å². The number of rotatable bonds is 14. The molecule has 9 aliphatic rings. The van der Waals surface area contributed by atoms with Gasteiger partial charge in [-0.1, -0.05) is 126 Å². The summed E-state index contributed by atoms with van der Waals surface area (Å²) in [6.45, 7) is 28.1.